The summed E-state index contributed by atoms with van der Waals surface area (Å²) in [5.41, 5.74) is 5.57. The van der Waals surface area contributed by atoms with Crippen LogP contribution in [0.15, 0.2) is 60.7 Å². The highest BCUT2D eigenvalue weighted by atomic mass is 16.6. The van der Waals surface area contributed by atoms with Crippen LogP contribution in [0, 0.1) is 6.92 Å². The minimum absolute atomic E-state index is 0.276. The third-order valence-corrected chi connectivity index (χ3v) is 2.76. The van der Waals surface area contributed by atoms with Gasteiger partial charge in [-0.25, -0.2) is 5.48 Å². The Bertz CT molecular complexity index is 574. The van der Waals surface area contributed by atoms with Crippen LogP contribution in [0.25, 0.3) is 6.08 Å². The molecule has 2 aromatic rings. The van der Waals surface area contributed by atoms with E-state index in [1.54, 1.807) is 6.08 Å². The molecule has 0 aliphatic carbocycles. The summed E-state index contributed by atoms with van der Waals surface area (Å²) < 4.78 is 0. The van der Waals surface area contributed by atoms with E-state index in [-0.39, 0.29) is 5.91 Å². The first-order valence-electron chi connectivity index (χ1n) is 6.44. The fraction of sp³-hybridized carbons (Fsp3) is 0.118. The van der Waals surface area contributed by atoms with E-state index >= 15 is 0 Å². The molecule has 1 N–H and O–H groups in total. The summed E-state index contributed by atoms with van der Waals surface area (Å²) in [5.74, 6) is -0.276. The fourth-order valence-electron chi connectivity index (χ4n) is 1.65. The second-order valence-corrected chi connectivity index (χ2v) is 4.48. The predicted molar refractivity (Wildman–Crippen MR) is 79.6 cm³/mol. The van der Waals surface area contributed by atoms with E-state index in [1.165, 1.54) is 11.6 Å². The number of hydrogen-bond acceptors (Lipinski definition) is 2. The van der Waals surface area contributed by atoms with Gasteiger partial charge in [0.15, 0.2) is 0 Å². The fourth-order valence-corrected chi connectivity index (χ4v) is 1.65. The van der Waals surface area contributed by atoms with Crippen molar-refractivity contribution in [3.8, 4) is 0 Å². The largest absolute Gasteiger partial charge is 0.269 e. The first kappa shape index (κ1) is 14.0. The topological polar surface area (TPSA) is 38.3 Å². The monoisotopic (exact) mass is 267 g/mol. The van der Waals surface area contributed by atoms with Crippen LogP contribution in [-0.4, -0.2) is 5.91 Å². The molecule has 0 unspecified atom stereocenters. The van der Waals surface area contributed by atoms with Gasteiger partial charge in [-0.3, -0.25) is 9.63 Å². The Morgan fingerprint density at radius 2 is 1.80 bits per heavy atom. The molecule has 0 heterocycles. The van der Waals surface area contributed by atoms with Crippen molar-refractivity contribution in [2.75, 3.05) is 0 Å². The van der Waals surface area contributed by atoms with Crippen molar-refractivity contribution in [3.05, 3.63) is 77.4 Å². The van der Waals surface area contributed by atoms with Gasteiger partial charge in [0.05, 0.1) is 6.61 Å². The first-order valence-corrected chi connectivity index (χ1v) is 6.44. The number of rotatable bonds is 5. The minimum atomic E-state index is -0.276. The normalized spacial score (nSPS) is 10.7. The van der Waals surface area contributed by atoms with Crippen LogP contribution < -0.4 is 5.48 Å². The molecule has 2 rings (SSSR count). The highest BCUT2D eigenvalue weighted by Crippen LogP contribution is 2.04. The Morgan fingerprint density at radius 3 is 2.50 bits per heavy atom. The number of hydroxylamine groups is 1. The van der Waals surface area contributed by atoms with Gasteiger partial charge >= 0.3 is 0 Å². The van der Waals surface area contributed by atoms with E-state index in [0.29, 0.717) is 6.61 Å². The van der Waals surface area contributed by atoms with Crippen LogP contribution in [0.2, 0.25) is 0 Å². The van der Waals surface area contributed by atoms with Crippen LogP contribution in [0.4, 0.5) is 0 Å². The Hall–Kier alpha value is -2.39. The van der Waals surface area contributed by atoms with E-state index in [1.807, 2.05) is 61.5 Å². The molecule has 0 atom stereocenters. The van der Waals surface area contributed by atoms with Crippen molar-refractivity contribution in [1.82, 2.24) is 5.48 Å². The number of carbonyl (C=O) groups excluding carboxylic acids is 1. The molecule has 0 spiro atoms. The van der Waals surface area contributed by atoms with Gasteiger partial charge in [-0.2, -0.15) is 0 Å². The second-order valence-electron chi connectivity index (χ2n) is 4.48. The molecule has 3 nitrogen and oxygen atoms in total. The van der Waals surface area contributed by atoms with Gasteiger partial charge in [0.2, 0.25) is 0 Å². The zero-order chi connectivity index (χ0) is 14.2. The van der Waals surface area contributed by atoms with Crippen molar-refractivity contribution >= 4 is 12.0 Å². The summed E-state index contributed by atoms with van der Waals surface area (Å²) in [6.45, 7) is 2.38. The van der Waals surface area contributed by atoms with Gasteiger partial charge in [0.25, 0.3) is 5.91 Å². The third-order valence-electron chi connectivity index (χ3n) is 2.76. The average Bonchev–Trinajstić information content (AvgIpc) is 2.48. The van der Waals surface area contributed by atoms with Crippen LogP contribution in [0.3, 0.4) is 0 Å². The first-order chi connectivity index (χ1) is 9.74. The van der Waals surface area contributed by atoms with Crippen molar-refractivity contribution in [1.29, 1.82) is 0 Å². The van der Waals surface area contributed by atoms with E-state index < -0.39 is 0 Å². The Morgan fingerprint density at radius 1 is 1.10 bits per heavy atom. The molecular formula is C17H17NO2. The van der Waals surface area contributed by atoms with Crippen LogP contribution >= 0.6 is 0 Å². The molecule has 1 amide bonds. The average molecular weight is 267 g/mol. The molecule has 0 saturated carbocycles. The lowest BCUT2D eigenvalue weighted by molar-refractivity contribution is -0.129. The highest BCUT2D eigenvalue weighted by Gasteiger charge is 1.96. The smallest absolute Gasteiger partial charge is 0.267 e. The number of carbonyl (C=O) groups is 1. The zero-order valence-corrected chi connectivity index (χ0v) is 11.4. The molecular weight excluding hydrogens is 250 g/mol. The number of aryl methyl sites for hydroxylation is 1. The Kier molecular flexibility index (Phi) is 5.09. The van der Waals surface area contributed by atoms with Gasteiger partial charge in [-0.05, 0) is 24.1 Å². The van der Waals surface area contributed by atoms with Crippen molar-refractivity contribution in [2.45, 2.75) is 13.5 Å². The van der Waals surface area contributed by atoms with Crippen LogP contribution in [-0.2, 0) is 16.2 Å². The lowest BCUT2D eigenvalue weighted by Crippen LogP contribution is -2.21. The molecule has 0 aliphatic rings. The standard InChI is InChI=1S/C17H17NO2/c1-14-7-9-15(10-8-14)11-12-17(19)18-20-13-16-5-3-2-4-6-16/h2-12H,13H2,1H3,(H,18,19). The maximum atomic E-state index is 11.6. The molecule has 0 aromatic heterocycles. The summed E-state index contributed by atoms with van der Waals surface area (Å²) in [4.78, 5) is 16.7. The van der Waals surface area contributed by atoms with E-state index in [0.717, 1.165) is 11.1 Å². The lowest BCUT2D eigenvalue weighted by Gasteiger charge is -2.03. The molecule has 102 valence electrons. The Balaban J connectivity index is 1.76. The zero-order valence-electron chi connectivity index (χ0n) is 11.4. The lowest BCUT2D eigenvalue weighted by atomic mass is 10.1. The molecule has 0 radical (unpaired) electrons. The van der Waals surface area contributed by atoms with E-state index in [2.05, 4.69) is 5.48 Å². The summed E-state index contributed by atoms with van der Waals surface area (Å²) in [7, 11) is 0. The van der Waals surface area contributed by atoms with Crippen molar-refractivity contribution in [3.63, 3.8) is 0 Å². The van der Waals surface area contributed by atoms with Gasteiger partial charge in [0.1, 0.15) is 0 Å². The summed E-state index contributed by atoms with van der Waals surface area (Å²) in [5, 5.41) is 0. The molecule has 0 saturated heterocycles. The Labute approximate surface area is 118 Å². The predicted octanol–water partition coefficient (Wildman–Crippen LogP) is 3.26. The van der Waals surface area contributed by atoms with Crippen LogP contribution in [0.5, 0.6) is 0 Å². The maximum Gasteiger partial charge on any atom is 0.267 e. The summed E-state index contributed by atoms with van der Waals surface area (Å²) in [6, 6.07) is 17.6. The SMILES string of the molecule is Cc1ccc(C=CC(=O)NOCc2ccccc2)cc1. The second kappa shape index (κ2) is 7.26. The van der Waals surface area contributed by atoms with E-state index in [9.17, 15) is 4.79 Å². The van der Waals surface area contributed by atoms with Gasteiger partial charge in [0, 0.05) is 6.08 Å². The number of nitrogens with one attached hydrogen (secondary N) is 1. The molecule has 0 fully saturated rings. The minimum Gasteiger partial charge on any atom is -0.269 e. The summed E-state index contributed by atoms with van der Waals surface area (Å²) >= 11 is 0. The van der Waals surface area contributed by atoms with Gasteiger partial charge < -0.3 is 0 Å². The van der Waals surface area contributed by atoms with Gasteiger partial charge in [-0.15, -0.1) is 0 Å². The number of hydrogen-bond donors (Lipinski definition) is 1. The molecule has 2 aromatic carbocycles. The van der Waals surface area contributed by atoms with Crippen molar-refractivity contribution in [2.24, 2.45) is 0 Å². The maximum absolute atomic E-state index is 11.6. The molecule has 20 heavy (non-hydrogen) atoms. The third kappa shape index (κ3) is 4.71. The molecule has 0 aliphatic heterocycles. The molecule has 3 heteroatoms. The molecule has 0 bridgehead atoms. The summed E-state index contributed by atoms with van der Waals surface area (Å²) in [6.07, 6.45) is 3.20. The van der Waals surface area contributed by atoms with E-state index in [4.69, 9.17) is 4.84 Å². The highest BCUT2D eigenvalue weighted by molar-refractivity contribution is 5.90. The van der Waals surface area contributed by atoms with Crippen LogP contribution in [0.1, 0.15) is 16.7 Å². The number of benzene rings is 2. The number of amides is 1. The van der Waals surface area contributed by atoms with Crippen molar-refractivity contribution < 1.29 is 9.63 Å². The quantitative estimate of drug-likeness (QED) is 0.667. The van der Waals surface area contributed by atoms with Gasteiger partial charge in [-0.1, -0.05) is 60.2 Å².